The molecular weight excluding hydrogens is 282 g/mol. The number of benzene rings is 1. The number of thiophene rings is 1. The second kappa shape index (κ2) is 5.10. The highest BCUT2D eigenvalue weighted by atomic mass is 32.1. The fraction of sp³-hybridized carbons (Fsp3) is 0.0769. The minimum atomic E-state index is -0.609. The summed E-state index contributed by atoms with van der Waals surface area (Å²) >= 11 is 1.45. The van der Waals surface area contributed by atoms with Gasteiger partial charge in [-0.3, -0.25) is 0 Å². The molecule has 0 bridgehead atoms. The number of hydrogen-bond donors (Lipinski definition) is 2. The van der Waals surface area contributed by atoms with Crippen LogP contribution >= 0.6 is 11.3 Å². The number of nitrogens with zero attached hydrogens (tertiary/aromatic N) is 2. The first-order valence-corrected chi connectivity index (χ1v) is 6.70. The van der Waals surface area contributed by atoms with Gasteiger partial charge in [0.05, 0.1) is 5.39 Å². The van der Waals surface area contributed by atoms with Crippen LogP contribution in [-0.2, 0) is 6.42 Å². The summed E-state index contributed by atoms with van der Waals surface area (Å²) in [6.07, 6.45) is 0.175. The SMILES string of the molecule is NNc1nc(Cc2ccc(F)cc2F)nc2sccc12. The van der Waals surface area contributed by atoms with Crippen molar-refractivity contribution in [2.24, 2.45) is 5.84 Å². The van der Waals surface area contributed by atoms with Crippen LogP contribution < -0.4 is 11.3 Å². The van der Waals surface area contributed by atoms with Gasteiger partial charge in [0.1, 0.15) is 22.3 Å². The zero-order valence-electron chi connectivity index (χ0n) is 10.2. The highest BCUT2D eigenvalue weighted by Crippen LogP contribution is 2.25. The Bertz CT molecular complexity index is 772. The average Bonchev–Trinajstić information content (AvgIpc) is 2.89. The molecule has 102 valence electrons. The van der Waals surface area contributed by atoms with Crippen molar-refractivity contribution < 1.29 is 8.78 Å². The third-order valence-corrected chi connectivity index (χ3v) is 3.68. The molecule has 3 rings (SSSR count). The summed E-state index contributed by atoms with van der Waals surface area (Å²) in [4.78, 5) is 9.37. The first-order valence-electron chi connectivity index (χ1n) is 5.82. The minimum absolute atomic E-state index is 0.175. The Morgan fingerprint density at radius 1 is 1.20 bits per heavy atom. The number of halogens is 2. The number of rotatable bonds is 3. The van der Waals surface area contributed by atoms with Gasteiger partial charge in [0.15, 0.2) is 5.82 Å². The molecule has 0 amide bonds. The van der Waals surface area contributed by atoms with E-state index in [0.29, 0.717) is 17.2 Å². The summed E-state index contributed by atoms with van der Waals surface area (Å²) in [6, 6.07) is 5.31. The number of anilines is 1. The lowest BCUT2D eigenvalue weighted by Gasteiger charge is -2.06. The van der Waals surface area contributed by atoms with Gasteiger partial charge in [-0.15, -0.1) is 11.3 Å². The first-order chi connectivity index (χ1) is 9.67. The summed E-state index contributed by atoms with van der Waals surface area (Å²) in [5.74, 6) is 5.14. The maximum absolute atomic E-state index is 13.6. The molecular formula is C13H10F2N4S. The van der Waals surface area contributed by atoms with E-state index >= 15 is 0 Å². The van der Waals surface area contributed by atoms with E-state index < -0.39 is 11.6 Å². The Hall–Kier alpha value is -2.12. The predicted molar refractivity (Wildman–Crippen MR) is 74.4 cm³/mol. The Morgan fingerprint density at radius 3 is 2.80 bits per heavy atom. The highest BCUT2D eigenvalue weighted by Gasteiger charge is 2.11. The van der Waals surface area contributed by atoms with Gasteiger partial charge < -0.3 is 5.43 Å². The van der Waals surface area contributed by atoms with Crippen LogP contribution in [-0.4, -0.2) is 9.97 Å². The molecule has 0 unspecified atom stereocenters. The van der Waals surface area contributed by atoms with Crippen molar-refractivity contribution in [1.29, 1.82) is 0 Å². The summed E-state index contributed by atoms with van der Waals surface area (Å²) in [6.45, 7) is 0. The van der Waals surface area contributed by atoms with E-state index in [0.717, 1.165) is 16.3 Å². The number of nitrogen functional groups attached to an aromatic ring is 1. The Morgan fingerprint density at radius 2 is 2.05 bits per heavy atom. The molecule has 2 aromatic heterocycles. The lowest BCUT2D eigenvalue weighted by atomic mass is 10.1. The van der Waals surface area contributed by atoms with E-state index in [1.54, 1.807) is 0 Å². The van der Waals surface area contributed by atoms with Crippen LogP contribution in [0.5, 0.6) is 0 Å². The quantitative estimate of drug-likeness (QED) is 0.575. The van der Waals surface area contributed by atoms with Crippen molar-refractivity contribution in [2.45, 2.75) is 6.42 Å². The molecule has 4 nitrogen and oxygen atoms in total. The number of nitrogens with two attached hydrogens (primary N) is 1. The van der Waals surface area contributed by atoms with Crippen molar-refractivity contribution in [2.75, 3.05) is 5.43 Å². The zero-order valence-corrected chi connectivity index (χ0v) is 11.0. The second-order valence-corrected chi connectivity index (χ2v) is 5.08. The second-order valence-electron chi connectivity index (χ2n) is 4.18. The highest BCUT2D eigenvalue weighted by molar-refractivity contribution is 7.16. The number of hydrazine groups is 1. The lowest BCUT2D eigenvalue weighted by Crippen LogP contribution is -2.11. The van der Waals surface area contributed by atoms with Crippen LogP contribution in [0.25, 0.3) is 10.2 Å². The van der Waals surface area contributed by atoms with Crippen LogP contribution in [0.2, 0.25) is 0 Å². The molecule has 3 aromatic rings. The molecule has 0 aliphatic heterocycles. The summed E-state index contributed by atoms with van der Waals surface area (Å²) in [5, 5.41) is 2.70. The zero-order chi connectivity index (χ0) is 14.1. The van der Waals surface area contributed by atoms with E-state index in [9.17, 15) is 8.78 Å². The molecule has 0 aliphatic rings. The smallest absolute Gasteiger partial charge is 0.152 e. The molecule has 0 spiro atoms. The van der Waals surface area contributed by atoms with Gasteiger partial charge in [0.2, 0.25) is 0 Å². The van der Waals surface area contributed by atoms with Crippen molar-refractivity contribution in [3.05, 3.63) is 52.7 Å². The van der Waals surface area contributed by atoms with Gasteiger partial charge in [0.25, 0.3) is 0 Å². The van der Waals surface area contributed by atoms with Gasteiger partial charge in [0, 0.05) is 12.5 Å². The molecule has 0 radical (unpaired) electrons. The molecule has 7 heteroatoms. The maximum Gasteiger partial charge on any atom is 0.152 e. The average molecular weight is 292 g/mol. The first kappa shape index (κ1) is 12.9. The molecule has 20 heavy (non-hydrogen) atoms. The molecule has 1 aromatic carbocycles. The van der Waals surface area contributed by atoms with Crippen molar-refractivity contribution >= 4 is 27.4 Å². The van der Waals surface area contributed by atoms with E-state index in [2.05, 4.69) is 15.4 Å². The van der Waals surface area contributed by atoms with Crippen LogP contribution in [0.3, 0.4) is 0 Å². The Kier molecular flexibility index (Phi) is 3.29. The van der Waals surface area contributed by atoms with Crippen molar-refractivity contribution in [3.63, 3.8) is 0 Å². The Labute approximate surface area is 117 Å². The lowest BCUT2D eigenvalue weighted by molar-refractivity contribution is 0.573. The molecule has 0 saturated carbocycles. The topological polar surface area (TPSA) is 63.8 Å². The summed E-state index contributed by atoms with van der Waals surface area (Å²) < 4.78 is 26.5. The molecule has 0 saturated heterocycles. The number of hydrogen-bond acceptors (Lipinski definition) is 5. The fourth-order valence-corrected chi connectivity index (χ4v) is 2.71. The van der Waals surface area contributed by atoms with Gasteiger partial charge >= 0.3 is 0 Å². The van der Waals surface area contributed by atoms with Gasteiger partial charge in [-0.05, 0) is 23.1 Å². The van der Waals surface area contributed by atoms with Crippen LogP contribution in [0, 0.1) is 11.6 Å². The normalized spacial score (nSPS) is 10.9. The largest absolute Gasteiger partial charge is 0.308 e. The minimum Gasteiger partial charge on any atom is -0.308 e. The molecule has 0 aliphatic carbocycles. The number of nitrogens with one attached hydrogen (secondary N) is 1. The van der Waals surface area contributed by atoms with Crippen LogP contribution in [0.1, 0.15) is 11.4 Å². The van der Waals surface area contributed by atoms with E-state index in [4.69, 9.17) is 5.84 Å². The van der Waals surface area contributed by atoms with Gasteiger partial charge in [-0.2, -0.15) is 0 Å². The van der Waals surface area contributed by atoms with Crippen LogP contribution in [0.4, 0.5) is 14.6 Å². The monoisotopic (exact) mass is 292 g/mol. The number of aromatic nitrogens is 2. The Balaban J connectivity index is 2.01. The van der Waals surface area contributed by atoms with E-state index in [-0.39, 0.29) is 6.42 Å². The third kappa shape index (κ3) is 2.33. The summed E-state index contributed by atoms with van der Waals surface area (Å²) in [7, 11) is 0. The molecule has 3 N–H and O–H groups in total. The predicted octanol–water partition coefficient (Wildman–Crippen LogP) is 2.85. The standard InChI is InChI=1S/C13H10F2N4S/c14-8-2-1-7(10(15)6-8)5-11-17-12(19-16)9-3-4-20-13(9)18-11/h1-4,6H,5,16H2,(H,17,18,19). The van der Waals surface area contributed by atoms with Gasteiger partial charge in [-0.25, -0.2) is 24.6 Å². The summed E-state index contributed by atoms with van der Waals surface area (Å²) in [5.41, 5.74) is 2.85. The molecule has 2 heterocycles. The van der Waals surface area contributed by atoms with Crippen molar-refractivity contribution in [1.82, 2.24) is 9.97 Å². The van der Waals surface area contributed by atoms with Crippen LogP contribution in [0.15, 0.2) is 29.6 Å². The number of fused-ring (bicyclic) bond motifs is 1. The van der Waals surface area contributed by atoms with Crippen molar-refractivity contribution in [3.8, 4) is 0 Å². The van der Waals surface area contributed by atoms with E-state index in [1.807, 2.05) is 11.4 Å². The molecule has 0 atom stereocenters. The van der Waals surface area contributed by atoms with Gasteiger partial charge in [-0.1, -0.05) is 6.07 Å². The maximum atomic E-state index is 13.6. The fourth-order valence-electron chi connectivity index (χ4n) is 1.92. The molecule has 0 fully saturated rings. The third-order valence-electron chi connectivity index (χ3n) is 2.87. The van der Waals surface area contributed by atoms with E-state index in [1.165, 1.54) is 23.5 Å².